The van der Waals surface area contributed by atoms with Gasteiger partial charge in [-0.05, 0) is 37.5 Å². The van der Waals surface area contributed by atoms with E-state index in [2.05, 4.69) is 18.3 Å². The summed E-state index contributed by atoms with van der Waals surface area (Å²) in [5.41, 5.74) is 3.08. The summed E-state index contributed by atoms with van der Waals surface area (Å²) in [6, 6.07) is 6.17. The molecule has 1 aromatic rings. The molecule has 0 saturated carbocycles. The van der Waals surface area contributed by atoms with Crippen LogP contribution in [-0.4, -0.2) is 13.3 Å². The minimum Gasteiger partial charge on any atom is -0.388 e. The standard InChI is InChI=1S/C13H19NO/c1-5-10-8-11(13(2,3)9-15)6-7-12(10)14-4/h6-9,14H,5H2,1-4H3. The maximum atomic E-state index is 11.0. The van der Waals surface area contributed by atoms with Gasteiger partial charge in [0.05, 0.1) is 0 Å². The van der Waals surface area contributed by atoms with E-state index >= 15 is 0 Å². The average Bonchev–Trinajstić information content (AvgIpc) is 2.28. The number of hydrogen-bond acceptors (Lipinski definition) is 2. The zero-order valence-corrected chi connectivity index (χ0v) is 9.92. The first kappa shape index (κ1) is 11.8. The van der Waals surface area contributed by atoms with Crippen LogP contribution in [0.15, 0.2) is 18.2 Å². The lowest BCUT2D eigenvalue weighted by atomic mass is 9.85. The van der Waals surface area contributed by atoms with Crippen LogP contribution < -0.4 is 5.32 Å². The first-order valence-corrected chi connectivity index (χ1v) is 5.32. The van der Waals surface area contributed by atoms with Crippen LogP contribution in [0.25, 0.3) is 0 Å². The van der Waals surface area contributed by atoms with Gasteiger partial charge in [0, 0.05) is 18.2 Å². The van der Waals surface area contributed by atoms with Gasteiger partial charge in [0.1, 0.15) is 6.29 Å². The van der Waals surface area contributed by atoms with Gasteiger partial charge in [-0.25, -0.2) is 0 Å². The molecule has 0 aliphatic rings. The Morgan fingerprint density at radius 2 is 2.07 bits per heavy atom. The van der Waals surface area contributed by atoms with Crippen LogP contribution in [0.4, 0.5) is 5.69 Å². The van der Waals surface area contributed by atoms with E-state index in [1.165, 1.54) is 5.56 Å². The quantitative estimate of drug-likeness (QED) is 0.766. The third kappa shape index (κ3) is 2.38. The second-order valence-corrected chi connectivity index (χ2v) is 4.32. The van der Waals surface area contributed by atoms with Gasteiger partial charge in [-0.15, -0.1) is 0 Å². The summed E-state index contributed by atoms with van der Waals surface area (Å²) < 4.78 is 0. The van der Waals surface area contributed by atoms with E-state index in [0.29, 0.717) is 0 Å². The average molecular weight is 205 g/mol. The minimum atomic E-state index is -0.393. The van der Waals surface area contributed by atoms with Crippen LogP contribution in [0.1, 0.15) is 31.9 Å². The van der Waals surface area contributed by atoms with Crippen LogP contribution >= 0.6 is 0 Å². The van der Waals surface area contributed by atoms with Crippen molar-refractivity contribution < 1.29 is 4.79 Å². The Labute approximate surface area is 91.7 Å². The lowest BCUT2D eigenvalue weighted by molar-refractivity contribution is -0.111. The minimum absolute atomic E-state index is 0.393. The molecule has 1 N–H and O–H groups in total. The molecule has 0 unspecified atom stereocenters. The largest absolute Gasteiger partial charge is 0.388 e. The summed E-state index contributed by atoms with van der Waals surface area (Å²) in [4.78, 5) is 11.0. The zero-order chi connectivity index (χ0) is 11.5. The molecule has 1 aromatic carbocycles. The topological polar surface area (TPSA) is 29.1 Å². The molecule has 0 saturated heterocycles. The Morgan fingerprint density at radius 3 is 2.53 bits per heavy atom. The van der Waals surface area contributed by atoms with Crippen LogP contribution in [0.3, 0.4) is 0 Å². The van der Waals surface area contributed by atoms with E-state index in [1.54, 1.807) is 0 Å². The number of nitrogens with one attached hydrogen (secondary N) is 1. The smallest absolute Gasteiger partial charge is 0.129 e. The summed E-state index contributed by atoms with van der Waals surface area (Å²) in [5, 5.41) is 3.15. The molecule has 15 heavy (non-hydrogen) atoms. The Morgan fingerprint density at radius 1 is 1.40 bits per heavy atom. The lowest BCUT2D eigenvalue weighted by Gasteiger charge is -2.19. The number of carbonyl (C=O) groups is 1. The second-order valence-electron chi connectivity index (χ2n) is 4.32. The molecule has 0 fully saturated rings. The second kappa shape index (κ2) is 4.47. The van der Waals surface area contributed by atoms with Gasteiger partial charge in [-0.2, -0.15) is 0 Å². The number of rotatable bonds is 4. The predicted octanol–water partition coefficient (Wildman–Crippen LogP) is 2.77. The first-order valence-electron chi connectivity index (χ1n) is 5.32. The normalized spacial score (nSPS) is 11.2. The summed E-state index contributed by atoms with van der Waals surface area (Å²) in [6.45, 7) is 6.00. The van der Waals surface area contributed by atoms with Crippen molar-refractivity contribution in [2.75, 3.05) is 12.4 Å². The fraction of sp³-hybridized carbons (Fsp3) is 0.462. The highest BCUT2D eigenvalue weighted by Gasteiger charge is 2.20. The van der Waals surface area contributed by atoms with Gasteiger partial charge in [-0.1, -0.05) is 19.1 Å². The molecule has 0 heterocycles. The van der Waals surface area contributed by atoms with E-state index in [1.807, 2.05) is 33.0 Å². The molecule has 82 valence electrons. The summed E-state index contributed by atoms with van der Waals surface area (Å²) in [6.07, 6.45) is 1.97. The van der Waals surface area contributed by atoms with Crippen molar-refractivity contribution >= 4 is 12.0 Å². The summed E-state index contributed by atoms with van der Waals surface area (Å²) in [5.74, 6) is 0. The van der Waals surface area contributed by atoms with Crippen LogP contribution in [0, 0.1) is 0 Å². The Kier molecular flexibility index (Phi) is 3.51. The van der Waals surface area contributed by atoms with E-state index < -0.39 is 5.41 Å². The molecular weight excluding hydrogens is 186 g/mol. The van der Waals surface area contributed by atoms with E-state index in [9.17, 15) is 4.79 Å². The predicted molar refractivity (Wildman–Crippen MR) is 64.5 cm³/mol. The Balaban J connectivity index is 3.19. The zero-order valence-electron chi connectivity index (χ0n) is 9.92. The van der Waals surface area contributed by atoms with Crippen LogP contribution in [0.2, 0.25) is 0 Å². The molecule has 2 heteroatoms. The maximum Gasteiger partial charge on any atom is 0.129 e. The molecule has 0 radical (unpaired) electrons. The number of benzene rings is 1. The number of hydrogen-bond donors (Lipinski definition) is 1. The van der Waals surface area contributed by atoms with E-state index in [4.69, 9.17) is 0 Å². The number of aryl methyl sites for hydroxylation is 1. The molecule has 0 aromatic heterocycles. The first-order chi connectivity index (χ1) is 7.05. The molecule has 0 amide bonds. The van der Waals surface area contributed by atoms with Gasteiger partial charge >= 0.3 is 0 Å². The molecule has 0 spiro atoms. The summed E-state index contributed by atoms with van der Waals surface area (Å²) in [7, 11) is 1.92. The molecule has 0 aliphatic carbocycles. The van der Waals surface area contributed by atoms with Crippen LogP contribution in [-0.2, 0) is 16.6 Å². The highest BCUT2D eigenvalue weighted by atomic mass is 16.1. The van der Waals surface area contributed by atoms with Crippen molar-refractivity contribution in [1.82, 2.24) is 0 Å². The maximum absolute atomic E-state index is 11.0. The fourth-order valence-electron chi connectivity index (χ4n) is 1.60. The van der Waals surface area contributed by atoms with E-state index in [0.717, 1.165) is 24.0 Å². The molecule has 2 nitrogen and oxygen atoms in total. The third-order valence-corrected chi connectivity index (χ3v) is 2.79. The van der Waals surface area contributed by atoms with E-state index in [-0.39, 0.29) is 0 Å². The Bertz CT molecular complexity index is 356. The van der Waals surface area contributed by atoms with Gasteiger partial charge in [-0.3, -0.25) is 0 Å². The van der Waals surface area contributed by atoms with Crippen molar-refractivity contribution in [1.29, 1.82) is 0 Å². The van der Waals surface area contributed by atoms with Crippen molar-refractivity contribution in [2.24, 2.45) is 0 Å². The van der Waals surface area contributed by atoms with Crippen molar-refractivity contribution in [3.8, 4) is 0 Å². The summed E-state index contributed by atoms with van der Waals surface area (Å²) >= 11 is 0. The molecular formula is C13H19NO. The lowest BCUT2D eigenvalue weighted by Crippen LogP contribution is -2.19. The number of aldehydes is 1. The highest BCUT2D eigenvalue weighted by molar-refractivity contribution is 5.68. The van der Waals surface area contributed by atoms with Gasteiger partial charge in [0.2, 0.25) is 0 Å². The third-order valence-electron chi connectivity index (χ3n) is 2.79. The van der Waals surface area contributed by atoms with Gasteiger partial charge < -0.3 is 10.1 Å². The SMILES string of the molecule is CCc1cc(C(C)(C)C=O)ccc1NC. The van der Waals surface area contributed by atoms with Crippen molar-refractivity contribution in [3.05, 3.63) is 29.3 Å². The van der Waals surface area contributed by atoms with Gasteiger partial charge in [0.25, 0.3) is 0 Å². The van der Waals surface area contributed by atoms with Crippen molar-refractivity contribution in [2.45, 2.75) is 32.6 Å². The molecule has 0 bridgehead atoms. The highest BCUT2D eigenvalue weighted by Crippen LogP contribution is 2.25. The molecule has 1 rings (SSSR count). The number of anilines is 1. The molecule has 0 aliphatic heterocycles. The molecule has 0 atom stereocenters. The van der Waals surface area contributed by atoms with Crippen molar-refractivity contribution in [3.63, 3.8) is 0 Å². The van der Waals surface area contributed by atoms with Crippen LogP contribution in [0.5, 0.6) is 0 Å². The fourth-order valence-corrected chi connectivity index (χ4v) is 1.60. The van der Waals surface area contributed by atoms with Gasteiger partial charge in [0.15, 0.2) is 0 Å². The monoisotopic (exact) mass is 205 g/mol. The number of carbonyl (C=O) groups excluding carboxylic acids is 1. The Hall–Kier alpha value is -1.31.